The summed E-state index contributed by atoms with van der Waals surface area (Å²) in [5.74, 6) is 0.868. The number of carbonyl (C=O) groups is 1. The first kappa shape index (κ1) is 25.1. The molecule has 2 fully saturated rings. The molecule has 5 rings (SSSR count). The largest absolute Gasteiger partial charge is 0.444 e. The van der Waals surface area contributed by atoms with Crippen molar-refractivity contribution in [2.75, 3.05) is 24.6 Å². The fourth-order valence-electron chi connectivity index (χ4n) is 5.34. The molecule has 2 aliphatic rings. The maximum atomic E-state index is 12.5. The highest BCUT2D eigenvalue weighted by atomic mass is 35.5. The molecule has 0 aliphatic carbocycles. The molecule has 1 spiro atoms. The maximum absolute atomic E-state index is 12.5. The van der Waals surface area contributed by atoms with E-state index in [9.17, 15) is 4.79 Å². The summed E-state index contributed by atoms with van der Waals surface area (Å²) in [4.78, 5) is 19.7. The number of ether oxygens (including phenoxy) is 2. The predicted molar refractivity (Wildman–Crippen MR) is 141 cm³/mol. The Balaban J connectivity index is 1.36. The number of hydrogen-bond acceptors (Lipinski definition) is 6. The van der Waals surface area contributed by atoms with Crippen LogP contribution in [0.1, 0.15) is 40.5 Å². The van der Waals surface area contributed by atoms with Gasteiger partial charge in [-0.05, 0) is 52.7 Å². The fourth-order valence-corrected chi connectivity index (χ4v) is 5.74. The van der Waals surface area contributed by atoms with Gasteiger partial charge in [-0.2, -0.15) is 5.10 Å². The minimum Gasteiger partial charge on any atom is -0.444 e. The van der Waals surface area contributed by atoms with Crippen molar-refractivity contribution in [1.29, 1.82) is 0 Å². The first-order valence-electron chi connectivity index (χ1n) is 12.2. The van der Waals surface area contributed by atoms with Gasteiger partial charge in [0.25, 0.3) is 0 Å². The zero-order valence-corrected chi connectivity index (χ0v) is 22.4. The van der Waals surface area contributed by atoms with Crippen LogP contribution < -0.4 is 10.2 Å². The molecule has 1 N–H and O–H groups in total. The normalized spacial score (nSPS) is 21.8. The predicted octanol–water partition coefficient (Wildman–Crippen LogP) is 5.60. The van der Waals surface area contributed by atoms with Crippen LogP contribution in [0.25, 0.3) is 16.8 Å². The van der Waals surface area contributed by atoms with E-state index in [1.165, 1.54) is 0 Å². The van der Waals surface area contributed by atoms with Gasteiger partial charge in [0, 0.05) is 24.1 Å². The van der Waals surface area contributed by atoms with Gasteiger partial charge in [0.1, 0.15) is 11.1 Å². The zero-order chi connectivity index (χ0) is 25.7. The van der Waals surface area contributed by atoms with E-state index < -0.39 is 11.7 Å². The van der Waals surface area contributed by atoms with Crippen molar-refractivity contribution in [2.24, 2.45) is 5.41 Å². The Morgan fingerprint density at radius 1 is 1.22 bits per heavy atom. The van der Waals surface area contributed by atoms with E-state index in [1.54, 1.807) is 18.5 Å². The molecule has 36 heavy (non-hydrogen) atoms. The Labute approximate surface area is 220 Å². The minimum absolute atomic E-state index is 0.0783. The van der Waals surface area contributed by atoms with E-state index in [4.69, 9.17) is 37.7 Å². The van der Waals surface area contributed by atoms with Gasteiger partial charge in [0.15, 0.2) is 5.82 Å². The standard InChI is InChI=1S/C26H31Cl2N5O3/c1-16-22(31-24(34)36-25(2,3)4)26(15-35-16)9-12-32(13-10-26)23-19-8-11-30-33(19)20(14-29-23)17-6-5-7-18(27)21(17)28/h5-8,11,14,16,22H,9-10,12-13,15H2,1-4H3,(H,31,34)/t16-,22+/m0/s1. The zero-order valence-electron chi connectivity index (χ0n) is 20.9. The summed E-state index contributed by atoms with van der Waals surface area (Å²) >= 11 is 12.7. The van der Waals surface area contributed by atoms with Crippen LogP contribution in [-0.2, 0) is 9.47 Å². The van der Waals surface area contributed by atoms with Crippen LogP contribution in [0.15, 0.2) is 36.7 Å². The molecule has 4 heterocycles. The molecule has 3 aromatic rings. The van der Waals surface area contributed by atoms with Crippen molar-refractivity contribution in [3.63, 3.8) is 0 Å². The minimum atomic E-state index is -0.549. The van der Waals surface area contributed by atoms with Gasteiger partial charge >= 0.3 is 6.09 Å². The number of aromatic nitrogens is 3. The van der Waals surface area contributed by atoms with Crippen LogP contribution in [0.4, 0.5) is 10.6 Å². The second kappa shape index (κ2) is 9.39. The van der Waals surface area contributed by atoms with Crippen molar-refractivity contribution in [1.82, 2.24) is 19.9 Å². The number of fused-ring (bicyclic) bond motifs is 1. The topological polar surface area (TPSA) is 81.0 Å². The number of amides is 1. The third kappa shape index (κ3) is 4.62. The quantitative estimate of drug-likeness (QED) is 0.473. The molecule has 2 aliphatic heterocycles. The number of halogens is 2. The van der Waals surface area contributed by atoms with Crippen molar-refractivity contribution >= 4 is 40.6 Å². The maximum Gasteiger partial charge on any atom is 0.407 e. The number of rotatable bonds is 3. The molecule has 192 valence electrons. The van der Waals surface area contributed by atoms with Gasteiger partial charge in [-0.15, -0.1) is 0 Å². The molecular weight excluding hydrogens is 501 g/mol. The van der Waals surface area contributed by atoms with Gasteiger partial charge in [0.2, 0.25) is 0 Å². The summed E-state index contributed by atoms with van der Waals surface area (Å²) < 4.78 is 13.4. The average molecular weight is 532 g/mol. The molecule has 0 bridgehead atoms. The molecule has 0 saturated carbocycles. The number of alkyl carbamates (subject to hydrolysis) is 1. The lowest BCUT2D eigenvalue weighted by Gasteiger charge is -2.43. The van der Waals surface area contributed by atoms with E-state index in [0.717, 1.165) is 48.5 Å². The van der Waals surface area contributed by atoms with Crippen LogP contribution in [0, 0.1) is 5.41 Å². The van der Waals surface area contributed by atoms with Crippen LogP contribution in [0.5, 0.6) is 0 Å². The number of carbonyl (C=O) groups excluding carboxylic acids is 1. The summed E-state index contributed by atoms with van der Waals surface area (Å²) in [5, 5.41) is 8.61. The number of nitrogens with zero attached hydrogens (tertiary/aromatic N) is 4. The highest BCUT2D eigenvalue weighted by Crippen LogP contribution is 2.43. The van der Waals surface area contributed by atoms with E-state index in [-0.39, 0.29) is 17.6 Å². The molecule has 2 atom stereocenters. The highest BCUT2D eigenvalue weighted by molar-refractivity contribution is 6.43. The second-order valence-electron chi connectivity index (χ2n) is 10.7. The van der Waals surface area contributed by atoms with E-state index in [1.807, 2.05) is 50.4 Å². The molecular formula is C26H31Cl2N5O3. The van der Waals surface area contributed by atoms with Crippen LogP contribution in [0.2, 0.25) is 10.0 Å². The first-order chi connectivity index (χ1) is 17.1. The monoisotopic (exact) mass is 531 g/mol. The first-order valence-corrected chi connectivity index (χ1v) is 13.0. The number of anilines is 1. The van der Waals surface area contributed by atoms with Crippen LogP contribution in [0.3, 0.4) is 0 Å². The summed E-state index contributed by atoms with van der Waals surface area (Å²) in [7, 11) is 0. The van der Waals surface area contributed by atoms with Crippen LogP contribution >= 0.6 is 23.2 Å². The number of benzene rings is 1. The lowest BCUT2D eigenvalue weighted by molar-refractivity contribution is 0.0434. The van der Waals surface area contributed by atoms with E-state index >= 15 is 0 Å². The third-order valence-electron chi connectivity index (χ3n) is 7.13. The third-order valence-corrected chi connectivity index (χ3v) is 7.95. The number of piperidine rings is 1. The van der Waals surface area contributed by atoms with E-state index in [2.05, 4.69) is 15.3 Å². The molecule has 1 aromatic carbocycles. The Hall–Kier alpha value is -2.55. The Morgan fingerprint density at radius 3 is 2.69 bits per heavy atom. The SMILES string of the molecule is C[C@@H]1OCC2(CCN(c3ncc(-c4cccc(Cl)c4Cl)n4nccc34)CC2)[C@@H]1NC(=O)OC(C)(C)C. The molecule has 1 amide bonds. The fraction of sp³-hybridized carbons (Fsp3) is 0.500. The molecule has 2 saturated heterocycles. The summed E-state index contributed by atoms with van der Waals surface area (Å²) in [6.45, 7) is 9.80. The lowest BCUT2D eigenvalue weighted by atomic mass is 9.73. The molecule has 0 unspecified atom stereocenters. The number of hydrogen-bond donors (Lipinski definition) is 1. The Bertz CT molecular complexity index is 1280. The summed E-state index contributed by atoms with van der Waals surface area (Å²) in [5.41, 5.74) is 1.77. The van der Waals surface area contributed by atoms with Gasteiger partial charge in [0.05, 0.1) is 46.9 Å². The van der Waals surface area contributed by atoms with Gasteiger partial charge in [-0.1, -0.05) is 35.3 Å². The van der Waals surface area contributed by atoms with Crippen LogP contribution in [-0.4, -0.2) is 58.1 Å². The van der Waals surface area contributed by atoms with Crippen molar-refractivity contribution < 1.29 is 14.3 Å². The number of nitrogens with one attached hydrogen (secondary N) is 1. The average Bonchev–Trinajstić information content (AvgIpc) is 3.42. The van der Waals surface area contributed by atoms with Crippen molar-refractivity contribution in [2.45, 2.75) is 58.3 Å². The van der Waals surface area contributed by atoms with E-state index in [0.29, 0.717) is 16.7 Å². The molecule has 0 radical (unpaired) electrons. The Kier molecular flexibility index (Phi) is 6.55. The van der Waals surface area contributed by atoms with Crippen molar-refractivity contribution in [3.05, 3.63) is 46.7 Å². The lowest BCUT2D eigenvalue weighted by Crippen LogP contribution is -2.55. The highest BCUT2D eigenvalue weighted by Gasteiger charge is 2.50. The molecule has 10 heteroatoms. The van der Waals surface area contributed by atoms with Gasteiger partial charge in [-0.25, -0.2) is 14.3 Å². The van der Waals surface area contributed by atoms with Gasteiger partial charge in [-0.3, -0.25) is 0 Å². The summed E-state index contributed by atoms with van der Waals surface area (Å²) in [6, 6.07) is 7.39. The van der Waals surface area contributed by atoms with Crippen molar-refractivity contribution in [3.8, 4) is 11.3 Å². The Morgan fingerprint density at radius 2 is 1.97 bits per heavy atom. The second-order valence-corrected chi connectivity index (χ2v) is 11.5. The smallest absolute Gasteiger partial charge is 0.407 e. The van der Waals surface area contributed by atoms with Gasteiger partial charge < -0.3 is 19.7 Å². The molecule has 8 nitrogen and oxygen atoms in total. The molecule has 2 aromatic heterocycles. The summed E-state index contributed by atoms with van der Waals surface area (Å²) in [6.07, 6.45) is 4.81.